The highest BCUT2D eigenvalue weighted by Gasteiger charge is 2.06. The second-order valence-electron chi connectivity index (χ2n) is 3.59. The molecular formula is C12H13ClN2. The number of pyridine rings is 1. The first-order valence-corrected chi connectivity index (χ1v) is 5.43. The summed E-state index contributed by atoms with van der Waals surface area (Å²) in [6.45, 7) is 2.15. The predicted molar refractivity (Wildman–Crippen MR) is 65.2 cm³/mol. The lowest BCUT2D eigenvalue weighted by atomic mass is 10.1. The molecule has 0 saturated carbocycles. The first-order valence-electron chi connectivity index (χ1n) is 5.05. The van der Waals surface area contributed by atoms with E-state index in [1.807, 2.05) is 12.1 Å². The van der Waals surface area contributed by atoms with Crippen LogP contribution < -0.4 is 5.73 Å². The Labute approximate surface area is 94.1 Å². The maximum Gasteiger partial charge on any atom is 0.0750 e. The number of nitrogens with two attached hydrogens (primary N) is 1. The van der Waals surface area contributed by atoms with Crippen LogP contribution in [0.5, 0.6) is 0 Å². The van der Waals surface area contributed by atoms with Gasteiger partial charge in [-0.25, -0.2) is 0 Å². The SMILES string of the molecule is CCCc1cccc2c(Cl)c(N)cnc12. The van der Waals surface area contributed by atoms with E-state index in [4.69, 9.17) is 17.3 Å². The fraction of sp³-hybridized carbons (Fsp3) is 0.250. The van der Waals surface area contributed by atoms with Gasteiger partial charge in [0.15, 0.2) is 0 Å². The summed E-state index contributed by atoms with van der Waals surface area (Å²) in [5, 5.41) is 1.56. The van der Waals surface area contributed by atoms with E-state index in [0.717, 1.165) is 23.7 Å². The van der Waals surface area contributed by atoms with E-state index in [1.165, 1.54) is 5.56 Å². The molecule has 0 aliphatic heterocycles. The largest absolute Gasteiger partial charge is 0.396 e. The lowest BCUT2D eigenvalue weighted by Crippen LogP contribution is -1.93. The molecule has 0 fully saturated rings. The van der Waals surface area contributed by atoms with Gasteiger partial charge < -0.3 is 5.73 Å². The summed E-state index contributed by atoms with van der Waals surface area (Å²) in [7, 11) is 0. The number of fused-ring (bicyclic) bond motifs is 1. The van der Waals surface area contributed by atoms with E-state index in [0.29, 0.717) is 10.7 Å². The number of rotatable bonds is 2. The number of halogens is 1. The van der Waals surface area contributed by atoms with Gasteiger partial charge in [0.2, 0.25) is 0 Å². The van der Waals surface area contributed by atoms with Gasteiger partial charge in [-0.2, -0.15) is 0 Å². The van der Waals surface area contributed by atoms with Crippen molar-refractivity contribution in [1.82, 2.24) is 4.98 Å². The molecule has 1 heterocycles. The Balaban J connectivity index is 2.72. The van der Waals surface area contributed by atoms with E-state index >= 15 is 0 Å². The van der Waals surface area contributed by atoms with Gasteiger partial charge in [-0.3, -0.25) is 4.98 Å². The number of aromatic nitrogens is 1. The Morgan fingerprint density at radius 2 is 2.20 bits per heavy atom. The van der Waals surface area contributed by atoms with Gasteiger partial charge in [0.05, 0.1) is 22.4 Å². The van der Waals surface area contributed by atoms with Crippen molar-refractivity contribution >= 4 is 28.2 Å². The van der Waals surface area contributed by atoms with Gasteiger partial charge in [-0.15, -0.1) is 0 Å². The number of hydrogen-bond acceptors (Lipinski definition) is 2. The lowest BCUT2D eigenvalue weighted by molar-refractivity contribution is 0.926. The minimum Gasteiger partial charge on any atom is -0.396 e. The normalized spacial score (nSPS) is 10.8. The van der Waals surface area contributed by atoms with Crippen LogP contribution in [0.3, 0.4) is 0 Å². The highest BCUT2D eigenvalue weighted by Crippen LogP contribution is 2.29. The van der Waals surface area contributed by atoms with Gasteiger partial charge in [-0.1, -0.05) is 43.1 Å². The topological polar surface area (TPSA) is 38.9 Å². The van der Waals surface area contributed by atoms with Gasteiger partial charge in [0.1, 0.15) is 0 Å². The molecule has 1 aromatic heterocycles. The van der Waals surface area contributed by atoms with Crippen LogP contribution in [0.25, 0.3) is 10.9 Å². The van der Waals surface area contributed by atoms with Gasteiger partial charge in [-0.05, 0) is 12.0 Å². The zero-order chi connectivity index (χ0) is 10.8. The second kappa shape index (κ2) is 4.07. The first kappa shape index (κ1) is 10.2. The minimum atomic E-state index is 0.540. The highest BCUT2D eigenvalue weighted by molar-refractivity contribution is 6.37. The molecule has 0 amide bonds. The summed E-state index contributed by atoms with van der Waals surface area (Å²) in [4.78, 5) is 4.35. The van der Waals surface area contributed by atoms with Crippen LogP contribution in [0.15, 0.2) is 24.4 Å². The van der Waals surface area contributed by atoms with E-state index < -0.39 is 0 Å². The fourth-order valence-corrected chi connectivity index (χ4v) is 1.94. The maximum atomic E-state index is 6.13. The molecule has 3 heteroatoms. The molecule has 0 spiro atoms. The van der Waals surface area contributed by atoms with E-state index in [9.17, 15) is 0 Å². The number of para-hydroxylation sites is 1. The summed E-state index contributed by atoms with van der Waals surface area (Å²) in [6, 6.07) is 6.05. The molecule has 2 nitrogen and oxygen atoms in total. The zero-order valence-electron chi connectivity index (χ0n) is 8.63. The van der Waals surface area contributed by atoms with E-state index in [2.05, 4.69) is 18.0 Å². The molecule has 2 aromatic rings. The fourth-order valence-electron chi connectivity index (χ4n) is 1.74. The Kier molecular flexibility index (Phi) is 2.78. The van der Waals surface area contributed by atoms with Crippen LogP contribution >= 0.6 is 11.6 Å². The average Bonchev–Trinajstić information content (AvgIpc) is 2.25. The van der Waals surface area contributed by atoms with Crippen molar-refractivity contribution in [2.45, 2.75) is 19.8 Å². The molecule has 0 bridgehead atoms. The van der Waals surface area contributed by atoms with Crippen molar-refractivity contribution in [3.63, 3.8) is 0 Å². The summed E-state index contributed by atoms with van der Waals surface area (Å²) in [5.74, 6) is 0. The molecule has 0 atom stereocenters. The summed E-state index contributed by atoms with van der Waals surface area (Å²) in [5.41, 5.74) is 8.46. The smallest absolute Gasteiger partial charge is 0.0750 e. The monoisotopic (exact) mass is 220 g/mol. The lowest BCUT2D eigenvalue weighted by Gasteiger charge is -2.07. The molecule has 0 aliphatic rings. The quantitative estimate of drug-likeness (QED) is 0.842. The highest BCUT2D eigenvalue weighted by atomic mass is 35.5. The third-order valence-electron chi connectivity index (χ3n) is 2.46. The Morgan fingerprint density at radius 1 is 1.40 bits per heavy atom. The molecule has 0 unspecified atom stereocenters. The van der Waals surface area contributed by atoms with Crippen molar-refractivity contribution in [1.29, 1.82) is 0 Å². The Morgan fingerprint density at radius 3 is 2.93 bits per heavy atom. The first-order chi connectivity index (χ1) is 7.24. The molecule has 0 radical (unpaired) electrons. The standard InChI is InChI=1S/C12H13ClN2/c1-2-4-8-5-3-6-9-11(13)10(14)7-15-12(8)9/h3,5-7H,2,4,14H2,1H3. The maximum absolute atomic E-state index is 6.13. The third kappa shape index (κ3) is 1.77. The summed E-state index contributed by atoms with van der Waals surface area (Å²) >= 11 is 6.13. The molecule has 0 saturated heterocycles. The number of hydrogen-bond donors (Lipinski definition) is 1. The van der Waals surface area contributed by atoms with Gasteiger partial charge >= 0.3 is 0 Å². The van der Waals surface area contributed by atoms with Crippen molar-refractivity contribution < 1.29 is 0 Å². The minimum absolute atomic E-state index is 0.540. The third-order valence-corrected chi connectivity index (χ3v) is 2.88. The van der Waals surface area contributed by atoms with Crippen molar-refractivity contribution in [2.24, 2.45) is 0 Å². The molecule has 1 aromatic carbocycles. The van der Waals surface area contributed by atoms with E-state index in [1.54, 1.807) is 6.20 Å². The molecule has 78 valence electrons. The molecule has 2 rings (SSSR count). The number of aryl methyl sites for hydroxylation is 1. The molecular weight excluding hydrogens is 208 g/mol. The number of nitrogen functional groups attached to an aromatic ring is 1. The molecule has 15 heavy (non-hydrogen) atoms. The van der Waals surface area contributed by atoms with Gasteiger partial charge in [0.25, 0.3) is 0 Å². The molecule has 0 aliphatic carbocycles. The van der Waals surface area contributed by atoms with Crippen LogP contribution in [-0.4, -0.2) is 4.98 Å². The molecule has 2 N–H and O–H groups in total. The van der Waals surface area contributed by atoms with E-state index in [-0.39, 0.29) is 0 Å². The Bertz CT molecular complexity index is 494. The number of benzene rings is 1. The number of anilines is 1. The van der Waals surface area contributed by atoms with Crippen molar-refractivity contribution in [2.75, 3.05) is 5.73 Å². The predicted octanol–water partition coefficient (Wildman–Crippen LogP) is 3.42. The average molecular weight is 221 g/mol. The van der Waals surface area contributed by atoms with Crippen LogP contribution in [0, 0.1) is 0 Å². The summed E-state index contributed by atoms with van der Waals surface area (Å²) < 4.78 is 0. The number of nitrogens with zero attached hydrogens (tertiary/aromatic N) is 1. The van der Waals surface area contributed by atoms with Crippen LogP contribution in [0.1, 0.15) is 18.9 Å². The summed E-state index contributed by atoms with van der Waals surface area (Å²) in [6.07, 6.45) is 3.75. The zero-order valence-corrected chi connectivity index (χ0v) is 9.38. The Hall–Kier alpha value is -1.28. The van der Waals surface area contributed by atoms with Crippen LogP contribution in [0.2, 0.25) is 5.02 Å². The van der Waals surface area contributed by atoms with Gasteiger partial charge in [0, 0.05) is 5.39 Å². The second-order valence-corrected chi connectivity index (χ2v) is 3.97. The van der Waals surface area contributed by atoms with Crippen molar-refractivity contribution in [3.8, 4) is 0 Å². The van der Waals surface area contributed by atoms with Crippen molar-refractivity contribution in [3.05, 3.63) is 35.0 Å². The van der Waals surface area contributed by atoms with Crippen LogP contribution in [0.4, 0.5) is 5.69 Å². The van der Waals surface area contributed by atoms with Crippen LogP contribution in [-0.2, 0) is 6.42 Å².